The SMILES string of the molecule is CCC(C)C1C(=O)Nc2ccccc2CN1C(=O)NC1CN(C2COC2)C1. The fourth-order valence-corrected chi connectivity index (χ4v) is 3.99. The Morgan fingerprint density at radius 2 is 2.07 bits per heavy atom. The zero-order valence-corrected chi connectivity index (χ0v) is 16.0. The maximum atomic E-state index is 13.1. The number of para-hydroxylation sites is 1. The Hall–Kier alpha value is -2.12. The summed E-state index contributed by atoms with van der Waals surface area (Å²) in [7, 11) is 0. The van der Waals surface area contributed by atoms with E-state index in [1.807, 2.05) is 31.2 Å². The number of hydrogen-bond acceptors (Lipinski definition) is 4. The van der Waals surface area contributed by atoms with E-state index in [-0.39, 0.29) is 23.9 Å². The summed E-state index contributed by atoms with van der Waals surface area (Å²) in [5.41, 5.74) is 1.76. The molecule has 3 aliphatic heterocycles. The summed E-state index contributed by atoms with van der Waals surface area (Å²) < 4.78 is 5.23. The zero-order chi connectivity index (χ0) is 19.0. The lowest BCUT2D eigenvalue weighted by Crippen LogP contribution is -2.67. The summed E-state index contributed by atoms with van der Waals surface area (Å²) in [5.74, 6) is -0.0265. The fourth-order valence-electron chi connectivity index (χ4n) is 3.99. The van der Waals surface area contributed by atoms with Crippen molar-refractivity contribution in [2.24, 2.45) is 5.92 Å². The molecule has 2 N–H and O–H groups in total. The number of fused-ring (bicyclic) bond motifs is 1. The van der Waals surface area contributed by atoms with Gasteiger partial charge in [-0.05, 0) is 17.5 Å². The minimum Gasteiger partial charge on any atom is -0.378 e. The molecule has 2 unspecified atom stereocenters. The summed E-state index contributed by atoms with van der Waals surface area (Å²) in [5, 5.41) is 6.14. The molecule has 146 valence electrons. The molecule has 3 amide bonds. The van der Waals surface area contributed by atoms with Crippen LogP contribution in [0, 0.1) is 5.92 Å². The number of nitrogens with zero attached hydrogens (tertiary/aromatic N) is 2. The van der Waals surface area contributed by atoms with Crippen molar-refractivity contribution < 1.29 is 14.3 Å². The highest BCUT2D eigenvalue weighted by Gasteiger charge is 2.40. The van der Waals surface area contributed by atoms with E-state index in [0.717, 1.165) is 44.0 Å². The maximum Gasteiger partial charge on any atom is 0.318 e. The van der Waals surface area contributed by atoms with E-state index in [0.29, 0.717) is 12.6 Å². The van der Waals surface area contributed by atoms with Crippen LogP contribution < -0.4 is 10.6 Å². The molecule has 0 saturated carbocycles. The van der Waals surface area contributed by atoms with Crippen molar-refractivity contribution in [2.75, 3.05) is 31.6 Å². The molecule has 1 aromatic rings. The Kier molecular flexibility index (Phi) is 5.06. The molecular formula is C20H28N4O3. The molecule has 0 spiro atoms. The second kappa shape index (κ2) is 7.48. The van der Waals surface area contributed by atoms with Gasteiger partial charge < -0.3 is 20.3 Å². The van der Waals surface area contributed by atoms with Gasteiger partial charge in [0.05, 0.1) is 31.8 Å². The largest absolute Gasteiger partial charge is 0.378 e. The van der Waals surface area contributed by atoms with E-state index in [1.54, 1.807) is 4.90 Å². The third-order valence-electron chi connectivity index (χ3n) is 6.04. The highest BCUT2D eigenvalue weighted by atomic mass is 16.5. The molecule has 0 radical (unpaired) electrons. The number of amides is 3. The molecule has 2 atom stereocenters. The van der Waals surface area contributed by atoms with E-state index < -0.39 is 6.04 Å². The number of anilines is 1. The van der Waals surface area contributed by atoms with Gasteiger partial charge in [-0.2, -0.15) is 0 Å². The van der Waals surface area contributed by atoms with Crippen molar-refractivity contribution in [2.45, 2.75) is 44.9 Å². The van der Waals surface area contributed by atoms with Crippen LogP contribution in [0.15, 0.2) is 24.3 Å². The third kappa shape index (κ3) is 3.53. The smallest absolute Gasteiger partial charge is 0.318 e. The molecule has 2 fully saturated rings. The minimum atomic E-state index is -0.474. The van der Waals surface area contributed by atoms with Gasteiger partial charge in [-0.25, -0.2) is 4.79 Å². The summed E-state index contributed by atoms with van der Waals surface area (Å²) in [6, 6.07) is 7.72. The number of carbonyl (C=O) groups is 2. The van der Waals surface area contributed by atoms with Crippen molar-refractivity contribution in [3.63, 3.8) is 0 Å². The number of likely N-dealkylation sites (tertiary alicyclic amines) is 1. The molecule has 0 aliphatic carbocycles. The van der Waals surface area contributed by atoms with Gasteiger partial charge in [0.1, 0.15) is 6.04 Å². The number of rotatable bonds is 4. The van der Waals surface area contributed by atoms with Crippen LogP contribution >= 0.6 is 0 Å². The predicted molar refractivity (Wildman–Crippen MR) is 102 cm³/mol. The number of carbonyl (C=O) groups excluding carboxylic acids is 2. The van der Waals surface area contributed by atoms with Gasteiger partial charge in [-0.3, -0.25) is 9.69 Å². The first kappa shape index (κ1) is 18.3. The number of benzene rings is 1. The molecular weight excluding hydrogens is 344 g/mol. The fraction of sp³-hybridized carbons (Fsp3) is 0.600. The molecule has 1 aromatic carbocycles. The maximum absolute atomic E-state index is 13.1. The van der Waals surface area contributed by atoms with Gasteiger partial charge in [0.25, 0.3) is 0 Å². The van der Waals surface area contributed by atoms with Crippen LogP contribution in [0.1, 0.15) is 25.8 Å². The van der Waals surface area contributed by atoms with Crippen LogP contribution in [-0.4, -0.2) is 66.2 Å². The van der Waals surface area contributed by atoms with Gasteiger partial charge in [0.15, 0.2) is 0 Å². The van der Waals surface area contributed by atoms with E-state index in [4.69, 9.17) is 4.74 Å². The van der Waals surface area contributed by atoms with Gasteiger partial charge in [0.2, 0.25) is 5.91 Å². The first-order valence-electron chi connectivity index (χ1n) is 9.84. The lowest BCUT2D eigenvalue weighted by Gasteiger charge is -2.48. The molecule has 4 rings (SSSR count). The van der Waals surface area contributed by atoms with Crippen molar-refractivity contribution in [3.05, 3.63) is 29.8 Å². The Morgan fingerprint density at radius 1 is 1.33 bits per heavy atom. The summed E-state index contributed by atoms with van der Waals surface area (Å²) in [6.07, 6.45) is 0.830. The van der Waals surface area contributed by atoms with Crippen LogP contribution in [0.2, 0.25) is 0 Å². The van der Waals surface area contributed by atoms with Crippen LogP contribution in [0.3, 0.4) is 0 Å². The van der Waals surface area contributed by atoms with Crippen LogP contribution in [0.5, 0.6) is 0 Å². The average molecular weight is 372 g/mol. The quantitative estimate of drug-likeness (QED) is 0.843. The Morgan fingerprint density at radius 3 is 2.74 bits per heavy atom. The first-order chi connectivity index (χ1) is 13.1. The molecule has 0 bridgehead atoms. The molecule has 7 heteroatoms. The topological polar surface area (TPSA) is 73.9 Å². The Bertz CT molecular complexity index is 715. The van der Waals surface area contributed by atoms with Gasteiger partial charge in [-0.15, -0.1) is 0 Å². The van der Waals surface area contributed by atoms with Crippen LogP contribution in [0.4, 0.5) is 10.5 Å². The molecule has 3 aliphatic rings. The number of ether oxygens (including phenoxy) is 1. The molecule has 2 saturated heterocycles. The molecule has 7 nitrogen and oxygen atoms in total. The second-order valence-corrected chi connectivity index (χ2v) is 7.90. The van der Waals surface area contributed by atoms with E-state index in [2.05, 4.69) is 22.5 Å². The highest BCUT2D eigenvalue weighted by molar-refractivity contribution is 5.98. The van der Waals surface area contributed by atoms with Crippen molar-refractivity contribution >= 4 is 17.6 Å². The zero-order valence-electron chi connectivity index (χ0n) is 16.0. The van der Waals surface area contributed by atoms with E-state index in [1.165, 1.54) is 0 Å². The first-order valence-corrected chi connectivity index (χ1v) is 9.84. The van der Waals surface area contributed by atoms with E-state index in [9.17, 15) is 9.59 Å². The summed E-state index contributed by atoms with van der Waals surface area (Å²) in [6.45, 7) is 7.80. The van der Waals surface area contributed by atoms with Gasteiger partial charge in [0, 0.05) is 18.8 Å². The van der Waals surface area contributed by atoms with Crippen LogP contribution in [0.25, 0.3) is 0 Å². The highest BCUT2D eigenvalue weighted by Crippen LogP contribution is 2.27. The predicted octanol–water partition coefficient (Wildman–Crippen LogP) is 1.65. The minimum absolute atomic E-state index is 0.0788. The van der Waals surface area contributed by atoms with Gasteiger partial charge in [-0.1, -0.05) is 38.5 Å². The van der Waals surface area contributed by atoms with E-state index >= 15 is 0 Å². The summed E-state index contributed by atoms with van der Waals surface area (Å²) in [4.78, 5) is 30.0. The number of nitrogens with one attached hydrogen (secondary N) is 2. The van der Waals surface area contributed by atoms with Crippen molar-refractivity contribution in [1.82, 2.24) is 15.1 Å². The monoisotopic (exact) mass is 372 g/mol. The standard InChI is InChI=1S/C20H28N4O3/c1-3-13(2)18-19(25)22-17-7-5-4-6-14(17)8-24(18)20(26)21-15-9-23(10-15)16-11-27-12-16/h4-7,13,15-16,18H,3,8-12H2,1-2H3,(H,21,26)(H,22,25). The number of urea groups is 1. The second-order valence-electron chi connectivity index (χ2n) is 7.90. The van der Waals surface area contributed by atoms with Crippen LogP contribution in [-0.2, 0) is 16.1 Å². The lowest BCUT2D eigenvalue weighted by atomic mass is 9.97. The average Bonchev–Trinajstić information content (AvgIpc) is 2.73. The number of hydrogen-bond donors (Lipinski definition) is 2. The van der Waals surface area contributed by atoms with Crippen molar-refractivity contribution in [1.29, 1.82) is 0 Å². The molecule has 0 aromatic heterocycles. The van der Waals surface area contributed by atoms with Crippen molar-refractivity contribution in [3.8, 4) is 0 Å². The normalized spacial score (nSPS) is 24.9. The Balaban J connectivity index is 1.48. The summed E-state index contributed by atoms with van der Waals surface area (Å²) >= 11 is 0. The third-order valence-corrected chi connectivity index (χ3v) is 6.04. The lowest BCUT2D eigenvalue weighted by molar-refractivity contribution is -0.122. The Labute approximate surface area is 160 Å². The molecule has 3 heterocycles. The molecule has 27 heavy (non-hydrogen) atoms. The van der Waals surface area contributed by atoms with Gasteiger partial charge >= 0.3 is 6.03 Å².